The standard InChI is InChI=1S/C38H51N11O3/c1-38(2,3)33(39)21-34(41-26-22-40-48(23-26)20-19-46-18-15-27(50)24-46)43-36(51)42-31-12-13-32(30-10-6-5-9-29(30)31)52-28-11-14-35-44-45-37(49(35)25-28)47-16-7-4-8-17-47/h5-6,9-11,14,21-23,25,27,31-32,39,41,50H,4,7-8,12-13,15-20,24H2,1-3H3,(H2,42,43,51)/b34-21+,39-33?. The van der Waals surface area contributed by atoms with Crippen LogP contribution in [0.5, 0.6) is 5.75 Å². The fraction of sp³-hybridized carbons (Fsp3) is 0.500. The number of carbonyl (C=O) groups excluding carboxylic acids is 1. The van der Waals surface area contributed by atoms with Crippen LogP contribution in [0, 0.1) is 10.8 Å². The second-order valence-corrected chi connectivity index (χ2v) is 15.2. The van der Waals surface area contributed by atoms with Crippen LogP contribution < -0.4 is 25.6 Å². The number of fused-ring (bicyclic) bond motifs is 2. The van der Waals surface area contributed by atoms with Crippen LogP contribution >= 0.6 is 0 Å². The number of aliphatic hydroxyl groups is 1. The van der Waals surface area contributed by atoms with E-state index in [2.05, 4.69) is 53.2 Å². The maximum absolute atomic E-state index is 13.6. The van der Waals surface area contributed by atoms with Gasteiger partial charge in [0.25, 0.3) is 0 Å². The van der Waals surface area contributed by atoms with E-state index in [1.807, 2.05) is 66.5 Å². The monoisotopic (exact) mass is 709 g/mol. The highest BCUT2D eigenvalue weighted by Crippen LogP contribution is 2.39. The summed E-state index contributed by atoms with van der Waals surface area (Å²) in [6.45, 7) is 10.9. The minimum absolute atomic E-state index is 0.180. The van der Waals surface area contributed by atoms with Crippen molar-refractivity contribution in [1.29, 1.82) is 5.41 Å². The van der Waals surface area contributed by atoms with Crippen molar-refractivity contribution in [3.05, 3.63) is 78.0 Å². The molecule has 1 aliphatic carbocycles. The predicted molar refractivity (Wildman–Crippen MR) is 201 cm³/mol. The molecule has 5 heterocycles. The molecule has 4 aromatic rings. The average Bonchev–Trinajstić information content (AvgIpc) is 3.88. The average molecular weight is 710 g/mol. The van der Waals surface area contributed by atoms with Gasteiger partial charge in [0.2, 0.25) is 5.95 Å². The summed E-state index contributed by atoms with van der Waals surface area (Å²) in [5.41, 5.74) is 3.50. The van der Waals surface area contributed by atoms with Crippen molar-refractivity contribution >= 4 is 29.0 Å². The van der Waals surface area contributed by atoms with Crippen LogP contribution in [0.25, 0.3) is 5.65 Å². The number of piperidine rings is 1. The third-order valence-corrected chi connectivity index (χ3v) is 10.2. The Morgan fingerprint density at radius 1 is 1.00 bits per heavy atom. The number of rotatable bonds is 11. The number of carbonyl (C=O) groups is 1. The lowest BCUT2D eigenvalue weighted by molar-refractivity contribution is 0.171. The van der Waals surface area contributed by atoms with Gasteiger partial charge in [-0.1, -0.05) is 45.0 Å². The Morgan fingerprint density at radius 2 is 1.81 bits per heavy atom. The van der Waals surface area contributed by atoms with Gasteiger partial charge in [0.05, 0.1) is 36.8 Å². The molecule has 5 N–H and O–H groups in total. The van der Waals surface area contributed by atoms with Crippen molar-refractivity contribution in [3.8, 4) is 5.75 Å². The first kappa shape index (κ1) is 35.5. The molecule has 14 heteroatoms. The smallest absolute Gasteiger partial charge is 0.320 e. The number of anilines is 2. The Labute approximate surface area is 304 Å². The summed E-state index contributed by atoms with van der Waals surface area (Å²) in [5, 5.41) is 41.3. The van der Waals surface area contributed by atoms with Gasteiger partial charge in [-0.15, -0.1) is 10.2 Å². The first-order chi connectivity index (χ1) is 25.1. The second-order valence-electron chi connectivity index (χ2n) is 15.2. The van der Waals surface area contributed by atoms with E-state index in [9.17, 15) is 9.90 Å². The largest absolute Gasteiger partial charge is 0.484 e. The summed E-state index contributed by atoms with van der Waals surface area (Å²) < 4.78 is 10.5. The van der Waals surface area contributed by atoms with Gasteiger partial charge < -0.3 is 30.8 Å². The number of benzene rings is 1. The molecule has 0 bridgehead atoms. The summed E-state index contributed by atoms with van der Waals surface area (Å²) in [4.78, 5) is 18.1. The van der Waals surface area contributed by atoms with E-state index in [1.165, 1.54) is 6.42 Å². The number of allylic oxidation sites excluding steroid dienone is 1. The van der Waals surface area contributed by atoms with Gasteiger partial charge in [0, 0.05) is 56.1 Å². The number of nitrogens with zero attached hydrogens (tertiary/aromatic N) is 7. The van der Waals surface area contributed by atoms with Crippen molar-refractivity contribution in [3.63, 3.8) is 0 Å². The molecule has 276 valence electrons. The van der Waals surface area contributed by atoms with E-state index in [0.29, 0.717) is 43.2 Å². The number of nitrogens with one attached hydrogen (secondary N) is 4. The summed E-state index contributed by atoms with van der Waals surface area (Å²) >= 11 is 0. The van der Waals surface area contributed by atoms with Gasteiger partial charge in [-0.3, -0.25) is 19.3 Å². The molecule has 0 saturated carbocycles. The van der Waals surface area contributed by atoms with Gasteiger partial charge >= 0.3 is 6.03 Å². The number of aromatic nitrogens is 5. The predicted octanol–water partition coefficient (Wildman–Crippen LogP) is 5.26. The fourth-order valence-electron chi connectivity index (χ4n) is 7.17. The molecule has 1 aromatic carbocycles. The topological polar surface area (TPSA) is 161 Å². The molecule has 3 aliphatic rings. The molecule has 2 fully saturated rings. The molecule has 2 saturated heterocycles. The molecule has 3 unspecified atom stereocenters. The third-order valence-electron chi connectivity index (χ3n) is 10.2. The van der Waals surface area contributed by atoms with Gasteiger partial charge in [-0.25, -0.2) is 4.79 Å². The fourth-order valence-corrected chi connectivity index (χ4v) is 7.17. The lowest BCUT2D eigenvalue weighted by Crippen LogP contribution is -2.41. The van der Waals surface area contributed by atoms with Crippen LogP contribution in [0.1, 0.15) is 82.6 Å². The van der Waals surface area contributed by atoms with Crippen LogP contribution in [0.2, 0.25) is 0 Å². The Balaban J connectivity index is 1.02. The van der Waals surface area contributed by atoms with E-state index in [-0.39, 0.29) is 24.3 Å². The molecule has 52 heavy (non-hydrogen) atoms. The van der Waals surface area contributed by atoms with E-state index in [0.717, 1.165) is 73.9 Å². The zero-order chi connectivity index (χ0) is 36.2. The van der Waals surface area contributed by atoms with Crippen molar-refractivity contribution in [2.75, 3.05) is 42.9 Å². The highest BCUT2D eigenvalue weighted by Gasteiger charge is 2.30. The molecule has 14 nitrogen and oxygen atoms in total. The highest BCUT2D eigenvalue weighted by molar-refractivity contribution is 5.97. The molecule has 2 aliphatic heterocycles. The SMILES string of the molecule is CC(C)(C)C(=N)/C=C(/NC(=O)NC1CCC(Oc2ccc3nnc(N4CCCCC4)n3c2)c2ccccc21)Nc1cnn(CCN2CCC(O)C2)c1. The molecule has 2 amide bonds. The molecule has 3 atom stereocenters. The molecular formula is C38H51N11O3. The molecular weight excluding hydrogens is 658 g/mol. The Morgan fingerprint density at radius 3 is 2.58 bits per heavy atom. The van der Waals surface area contributed by atoms with Crippen molar-refractivity contribution < 1.29 is 14.6 Å². The molecule has 7 rings (SSSR count). The van der Waals surface area contributed by atoms with Crippen molar-refractivity contribution in [1.82, 2.24) is 39.9 Å². The van der Waals surface area contributed by atoms with Gasteiger partial charge in [-0.2, -0.15) is 5.10 Å². The number of β-amino-alcohol motifs (C(OH)–C–C–N with tert-alkyl or cyclic N) is 1. The lowest BCUT2D eigenvalue weighted by atomic mass is 9.85. The van der Waals surface area contributed by atoms with Crippen molar-refractivity contribution in [2.45, 2.75) is 84.1 Å². The summed E-state index contributed by atoms with van der Waals surface area (Å²) in [5.74, 6) is 1.99. The Hall–Kier alpha value is -4.95. The van der Waals surface area contributed by atoms with E-state index in [1.54, 1.807) is 12.3 Å². The van der Waals surface area contributed by atoms with Gasteiger partial charge in [-0.05, 0) is 61.8 Å². The first-order valence-corrected chi connectivity index (χ1v) is 18.5. The summed E-state index contributed by atoms with van der Waals surface area (Å²) in [7, 11) is 0. The van der Waals surface area contributed by atoms with Crippen LogP contribution in [0.3, 0.4) is 0 Å². The Bertz CT molecular complexity index is 1900. The zero-order valence-electron chi connectivity index (χ0n) is 30.4. The number of hydrogen-bond acceptors (Lipinski definition) is 10. The van der Waals surface area contributed by atoms with Crippen LogP contribution in [0.15, 0.2) is 66.9 Å². The number of urea groups is 1. The van der Waals surface area contributed by atoms with Gasteiger partial charge in [0.15, 0.2) is 5.65 Å². The van der Waals surface area contributed by atoms with Crippen LogP contribution in [-0.2, 0) is 6.54 Å². The molecule has 0 spiro atoms. The zero-order valence-corrected chi connectivity index (χ0v) is 30.4. The number of pyridine rings is 1. The number of hydrogen-bond donors (Lipinski definition) is 5. The third kappa shape index (κ3) is 8.39. The first-order valence-electron chi connectivity index (χ1n) is 18.5. The maximum Gasteiger partial charge on any atom is 0.320 e. The molecule has 0 radical (unpaired) electrons. The number of amides is 2. The van der Waals surface area contributed by atoms with Crippen molar-refractivity contribution in [2.24, 2.45) is 5.41 Å². The van der Waals surface area contributed by atoms with Crippen LogP contribution in [-0.4, -0.2) is 85.0 Å². The van der Waals surface area contributed by atoms with Crippen LogP contribution in [0.4, 0.5) is 16.4 Å². The molecule has 3 aromatic heterocycles. The maximum atomic E-state index is 13.6. The Kier molecular flexibility index (Phi) is 10.5. The minimum atomic E-state index is -0.416. The summed E-state index contributed by atoms with van der Waals surface area (Å²) in [6.07, 6.45) is 12.6. The number of ether oxygens (including phenoxy) is 1. The summed E-state index contributed by atoms with van der Waals surface area (Å²) in [6, 6.07) is 11.4. The van der Waals surface area contributed by atoms with E-state index in [4.69, 9.17) is 10.1 Å². The number of likely N-dealkylation sites (tertiary alicyclic amines) is 1. The normalized spacial score (nSPS) is 21.2. The second kappa shape index (κ2) is 15.3. The van der Waals surface area contributed by atoms with E-state index < -0.39 is 5.41 Å². The van der Waals surface area contributed by atoms with Gasteiger partial charge in [0.1, 0.15) is 17.7 Å². The lowest BCUT2D eigenvalue weighted by Gasteiger charge is -2.32. The number of aliphatic hydroxyl groups excluding tert-OH is 1. The highest BCUT2D eigenvalue weighted by atomic mass is 16.5. The quantitative estimate of drug-likeness (QED) is 0.131. The van der Waals surface area contributed by atoms with E-state index >= 15 is 0 Å². The minimum Gasteiger partial charge on any atom is -0.484 e.